The molecule has 2 N–H and O–H groups in total. The topological polar surface area (TPSA) is 55.0 Å². The molecule has 5 heteroatoms. The Kier molecular flexibility index (Phi) is 3.65. The summed E-state index contributed by atoms with van der Waals surface area (Å²) in [4.78, 5) is 13.9. The van der Waals surface area contributed by atoms with Crippen molar-refractivity contribution in [2.45, 2.75) is 39.7 Å². The Morgan fingerprint density at radius 3 is 2.95 bits per heavy atom. The normalized spacial score (nSPS) is 23.5. The lowest BCUT2D eigenvalue weighted by molar-refractivity contribution is 0.348. The molecule has 20 heavy (non-hydrogen) atoms. The number of piperidine rings is 1. The molecule has 2 aromatic rings. The van der Waals surface area contributed by atoms with Gasteiger partial charge in [-0.2, -0.15) is 0 Å². The summed E-state index contributed by atoms with van der Waals surface area (Å²) in [5.74, 6) is 1.71. The van der Waals surface area contributed by atoms with Gasteiger partial charge in [0.15, 0.2) is 0 Å². The van der Waals surface area contributed by atoms with Crippen LogP contribution in [0.15, 0.2) is 6.33 Å². The highest BCUT2D eigenvalue weighted by atomic mass is 32.1. The van der Waals surface area contributed by atoms with Crippen LogP contribution in [0.1, 0.15) is 30.2 Å². The zero-order chi connectivity index (χ0) is 14.3. The second kappa shape index (κ2) is 5.30. The van der Waals surface area contributed by atoms with Gasteiger partial charge in [-0.25, -0.2) is 9.97 Å². The van der Waals surface area contributed by atoms with Gasteiger partial charge in [0, 0.05) is 24.0 Å². The third-order valence-corrected chi connectivity index (χ3v) is 5.69. The number of anilines is 1. The van der Waals surface area contributed by atoms with Crippen LogP contribution in [0.5, 0.6) is 0 Å². The maximum atomic E-state index is 6.03. The molecular formula is C15H22N4S. The Morgan fingerprint density at radius 1 is 1.40 bits per heavy atom. The quantitative estimate of drug-likeness (QED) is 0.924. The van der Waals surface area contributed by atoms with Crippen LogP contribution >= 0.6 is 11.3 Å². The molecule has 2 unspecified atom stereocenters. The minimum atomic E-state index is 0.390. The average Bonchev–Trinajstić information content (AvgIpc) is 2.74. The van der Waals surface area contributed by atoms with E-state index in [2.05, 4.69) is 35.6 Å². The first-order valence-electron chi connectivity index (χ1n) is 7.31. The van der Waals surface area contributed by atoms with Crippen molar-refractivity contribution in [2.24, 2.45) is 11.7 Å². The SMILES string of the molecule is Cc1sc2ncnc(N3CCCC(C)C3CN)c2c1C. The molecule has 1 saturated heterocycles. The zero-order valence-corrected chi connectivity index (χ0v) is 13.2. The summed E-state index contributed by atoms with van der Waals surface area (Å²) < 4.78 is 0. The van der Waals surface area contributed by atoms with Gasteiger partial charge in [-0.05, 0) is 38.2 Å². The molecule has 2 atom stereocenters. The number of rotatable bonds is 2. The summed E-state index contributed by atoms with van der Waals surface area (Å²) in [7, 11) is 0. The molecule has 0 radical (unpaired) electrons. The van der Waals surface area contributed by atoms with Crippen molar-refractivity contribution in [3.05, 3.63) is 16.8 Å². The maximum Gasteiger partial charge on any atom is 0.141 e. The van der Waals surface area contributed by atoms with Crippen molar-refractivity contribution < 1.29 is 0 Å². The molecule has 1 aliphatic rings. The Balaban J connectivity index is 2.13. The highest BCUT2D eigenvalue weighted by Gasteiger charge is 2.30. The monoisotopic (exact) mass is 290 g/mol. The Morgan fingerprint density at radius 2 is 2.20 bits per heavy atom. The van der Waals surface area contributed by atoms with E-state index >= 15 is 0 Å². The summed E-state index contributed by atoms with van der Waals surface area (Å²) in [5.41, 5.74) is 7.34. The molecule has 0 saturated carbocycles. The van der Waals surface area contributed by atoms with Crippen molar-refractivity contribution in [1.29, 1.82) is 0 Å². The fourth-order valence-electron chi connectivity index (χ4n) is 3.25. The van der Waals surface area contributed by atoms with Crippen LogP contribution in [-0.4, -0.2) is 29.1 Å². The number of aryl methyl sites for hydroxylation is 2. The third-order valence-electron chi connectivity index (χ3n) is 4.57. The zero-order valence-electron chi connectivity index (χ0n) is 12.4. The maximum absolute atomic E-state index is 6.03. The first kappa shape index (κ1) is 13.8. The van der Waals surface area contributed by atoms with Crippen LogP contribution < -0.4 is 10.6 Å². The third kappa shape index (κ3) is 2.09. The number of nitrogens with two attached hydrogens (primary N) is 1. The van der Waals surface area contributed by atoms with Crippen LogP contribution in [0.3, 0.4) is 0 Å². The largest absolute Gasteiger partial charge is 0.351 e. The number of hydrogen-bond donors (Lipinski definition) is 1. The molecule has 0 amide bonds. The van der Waals surface area contributed by atoms with Crippen molar-refractivity contribution in [2.75, 3.05) is 18.0 Å². The number of nitrogens with zero attached hydrogens (tertiary/aromatic N) is 3. The molecule has 0 bridgehead atoms. The Hall–Kier alpha value is -1.20. The van der Waals surface area contributed by atoms with Crippen LogP contribution in [0.2, 0.25) is 0 Å². The van der Waals surface area contributed by atoms with Gasteiger partial charge in [0.25, 0.3) is 0 Å². The van der Waals surface area contributed by atoms with E-state index < -0.39 is 0 Å². The molecule has 0 spiro atoms. The van der Waals surface area contributed by atoms with Gasteiger partial charge in [0.1, 0.15) is 17.0 Å². The molecule has 3 heterocycles. The molecule has 1 fully saturated rings. The predicted octanol–water partition coefficient (Wildman–Crippen LogP) is 2.87. The molecule has 2 aromatic heterocycles. The summed E-state index contributed by atoms with van der Waals surface area (Å²) in [6.45, 7) is 8.37. The second-order valence-corrected chi connectivity index (χ2v) is 6.98. The lowest BCUT2D eigenvalue weighted by Gasteiger charge is -2.40. The van der Waals surface area contributed by atoms with Crippen molar-refractivity contribution >= 4 is 27.4 Å². The molecule has 3 rings (SSSR count). The van der Waals surface area contributed by atoms with Crippen LogP contribution in [0.4, 0.5) is 5.82 Å². The van der Waals surface area contributed by atoms with Gasteiger partial charge >= 0.3 is 0 Å². The lowest BCUT2D eigenvalue weighted by Crippen LogP contribution is -2.49. The van der Waals surface area contributed by atoms with Gasteiger partial charge in [-0.15, -0.1) is 11.3 Å². The Bertz CT molecular complexity index is 622. The van der Waals surface area contributed by atoms with E-state index in [1.165, 1.54) is 28.7 Å². The first-order chi connectivity index (χ1) is 9.63. The highest BCUT2D eigenvalue weighted by Crippen LogP contribution is 2.37. The van der Waals surface area contributed by atoms with Gasteiger partial charge in [-0.3, -0.25) is 0 Å². The predicted molar refractivity (Wildman–Crippen MR) is 85.5 cm³/mol. The number of fused-ring (bicyclic) bond motifs is 1. The van der Waals surface area contributed by atoms with Crippen LogP contribution in [0.25, 0.3) is 10.2 Å². The summed E-state index contributed by atoms with van der Waals surface area (Å²) in [5, 5.41) is 1.22. The molecule has 1 aliphatic heterocycles. The fourth-order valence-corrected chi connectivity index (χ4v) is 4.24. The van der Waals surface area contributed by atoms with Crippen molar-refractivity contribution in [3.8, 4) is 0 Å². The van der Waals surface area contributed by atoms with Crippen LogP contribution in [-0.2, 0) is 0 Å². The van der Waals surface area contributed by atoms with E-state index in [0.29, 0.717) is 18.5 Å². The standard InChI is InChI=1S/C15H22N4S/c1-9-5-4-6-19(12(9)7-16)14-13-10(2)11(3)20-15(13)18-8-17-14/h8-9,12H,4-7,16H2,1-3H3. The summed E-state index contributed by atoms with van der Waals surface area (Å²) in [6.07, 6.45) is 4.17. The number of aromatic nitrogens is 2. The van der Waals surface area contributed by atoms with Gasteiger partial charge in [0.05, 0.1) is 5.39 Å². The van der Waals surface area contributed by atoms with E-state index in [9.17, 15) is 0 Å². The second-order valence-electron chi connectivity index (χ2n) is 5.78. The van der Waals surface area contributed by atoms with Gasteiger partial charge in [0.2, 0.25) is 0 Å². The minimum absolute atomic E-state index is 0.390. The molecule has 0 aromatic carbocycles. The highest BCUT2D eigenvalue weighted by molar-refractivity contribution is 7.18. The lowest BCUT2D eigenvalue weighted by atomic mass is 9.90. The number of thiophene rings is 1. The molecule has 108 valence electrons. The molecule has 4 nitrogen and oxygen atoms in total. The van der Waals surface area contributed by atoms with E-state index in [-0.39, 0.29) is 0 Å². The Labute approximate surface area is 124 Å². The van der Waals surface area contributed by atoms with Gasteiger partial charge < -0.3 is 10.6 Å². The van der Waals surface area contributed by atoms with Gasteiger partial charge in [-0.1, -0.05) is 6.92 Å². The van der Waals surface area contributed by atoms with E-state index in [0.717, 1.165) is 17.2 Å². The number of hydrogen-bond acceptors (Lipinski definition) is 5. The van der Waals surface area contributed by atoms with Crippen molar-refractivity contribution in [1.82, 2.24) is 9.97 Å². The van der Waals surface area contributed by atoms with Crippen molar-refractivity contribution in [3.63, 3.8) is 0 Å². The van der Waals surface area contributed by atoms with E-state index in [4.69, 9.17) is 5.73 Å². The van der Waals surface area contributed by atoms with E-state index in [1.54, 1.807) is 17.7 Å². The fraction of sp³-hybridized carbons (Fsp3) is 0.600. The average molecular weight is 290 g/mol. The molecule has 0 aliphatic carbocycles. The smallest absolute Gasteiger partial charge is 0.141 e. The first-order valence-corrected chi connectivity index (χ1v) is 8.12. The summed E-state index contributed by atoms with van der Waals surface area (Å²) in [6, 6.07) is 0.390. The van der Waals surface area contributed by atoms with Crippen LogP contribution in [0, 0.1) is 19.8 Å². The summed E-state index contributed by atoms with van der Waals surface area (Å²) >= 11 is 1.76. The molecular weight excluding hydrogens is 268 g/mol. The minimum Gasteiger partial charge on any atom is -0.351 e. The van der Waals surface area contributed by atoms with E-state index in [1.807, 2.05) is 0 Å².